The fourth-order valence-corrected chi connectivity index (χ4v) is 4.49. The Balaban J connectivity index is 1.86. The highest BCUT2D eigenvalue weighted by Crippen LogP contribution is 2.22. The van der Waals surface area contributed by atoms with Crippen molar-refractivity contribution in [2.24, 2.45) is 4.99 Å². The van der Waals surface area contributed by atoms with Crippen molar-refractivity contribution in [2.45, 2.75) is 52.1 Å². The van der Waals surface area contributed by atoms with Crippen molar-refractivity contribution in [1.82, 2.24) is 20.4 Å². The van der Waals surface area contributed by atoms with E-state index in [1.165, 1.54) is 44.5 Å². The van der Waals surface area contributed by atoms with Crippen LogP contribution in [0.1, 0.15) is 51.6 Å². The first kappa shape index (κ1) is 21.2. The first-order valence-corrected chi connectivity index (χ1v) is 11.1. The molecular formula is C20H37N5S. The Kier molecular flexibility index (Phi) is 9.43. The lowest BCUT2D eigenvalue weighted by Crippen LogP contribution is -2.50. The van der Waals surface area contributed by atoms with Gasteiger partial charge in [0.05, 0.1) is 6.04 Å². The maximum Gasteiger partial charge on any atom is 0.191 e. The van der Waals surface area contributed by atoms with Gasteiger partial charge >= 0.3 is 0 Å². The Bertz CT molecular complexity index is 504. The zero-order valence-corrected chi connectivity index (χ0v) is 17.8. The average molecular weight is 380 g/mol. The molecule has 5 nitrogen and oxygen atoms in total. The predicted molar refractivity (Wildman–Crippen MR) is 114 cm³/mol. The number of thiophene rings is 1. The lowest BCUT2D eigenvalue weighted by atomic mass is 10.1. The van der Waals surface area contributed by atoms with E-state index in [-0.39, 0.29) is 0 Å². The van der Waals surface area contributed by atoms with Crippen molar-refractivity contribution in [3.05, 3.63) is 22.4 Å². The number of hydrogen-bond acceptors (Lipinski definition) is 4. The maximum atomic E-state index is 4.47. The van der Waals surface area contributed by atoms with Crippen LogP contribution in [0, 0.1) is 0 Å². The number of rotatable bonds is 9. The predicted octanol–water partition coefficient (Wildman–Crippen LogP) is 3.17. The zero-order valence-electron chi connectivity index (χ0n) is 17.0. The summed E-state index contributed by atoms with van der Waals surface area (Å²) >= 11 is 1.77. The first-order chi connectivity index (χ1) is 12.7. The van der Waals surface area contributed by atoms with E-state index in [4.69, 9.17) is 0 Å². The van der Waals surface area contributed by atoms with Gasteiger partial charge in [0.25, 0.3) is 0 Å². The van der Waals surface area contributed by atoms with Crippen LogP contribution in [-0.4, -0.2) is 68.1 Å². The fourth-order valence-electron chi connectivity index (χ4n) is 3.79. The molecule has 1 unspecified atom stereocenters. The molecule has 1 aromatic rings. The molecule has 0 radical (unpaired) electrons. The van der Waals surface area contributed by atoms with Crippen LogP contribution in [0.5, 0.6) is 0 Å². The van der Waals surface area contributed by atoms with Gasteiger partial charge in [-0.15, -0.1) is 0 Å². The molecule has 1 aliphatic heterocycles. The van der Waals surface area contributed by atoms with Crippen molar-refractivity contribution in [2.75, 3.05) is 46.3 Å². The molecule has 0 saturated carbocycles. The summed E-state index contributed by atoms with van der Waals surface area (Å²) < 4.78 is 0. The fraction of sp³-hybridized carbons (Fsp3) is 0.750. The number of piperidine rings is 1. The van der Waals surface area contributed by atoms with Crippen LogP contribution in [0.2, 0.25) is 0 Å². The first-order valence-electron chi connectivity index (χ1n) is 10.2. The van der Waals surface area contributed by atoms with Gasteiger partial charge in [0.15, 0.2) is 5.96 Å². The molecule has 1 atom stereocenters. The normalized spacial score (nSPS) is 18.3. The average Bonchev–Trinajstić information content (AvgIpc) is 3.20. The maximum absolute atomic E-state index is 4.47. The molecule has 0 spiro atoms. The molecular weight excluding hydrogens is 342 g/mol. The molecule has 2 N–H and O–H groups in total. The highest BCUT2D eigenvalue weighted by atomic mass is 32.1. The lowest BCUT2D eigenvalue weighted by Gasteiger charge is -2.34. The van der Waals surface area contributed by atoms with Gasteiger partial charge in [-0.1, -0.05) is 20.8 Å². The summed E-state index contributed by atoms with van der Waals surface area (Å²) in [5.41, 5.74) is 1.40. The molecule has 26 heavy (non-hydrogen) atoms. The van der Waals surface area contributed by atoms with Crippen LogP contribution in [0.3, 0.4) is 0 Å². The van der Waals surface area contributed by atoms with Crippen LogP contribution in [-0.2, 0) is 0 Å². The van der Waals surface area contributed by atoms with Gasteiger partial charge in [0, 0.05) is 32.7 Å². The molecule has 1 aliphatic rings. The standard InChI is InChI=1S/C20H37N5S/c1-5-11-24-12-8-18(9-13-24)23-20(21-4)22-15-19(25(6-2)7-3)17-10-14-26-16-17/h10,14,16,18-19H,5-9,11-13,15H2,1-4H3,(H2,21,22,23). The van der Waals surface area contributed by atoms with Gasteiger partial charge in [-0.05, 0) is 61.3 Å². The van der Waals surface area contributed by atoms with E-state index in [0.717, 1.165) is 25.6 Å². The smallest absolute Gasteiger partial charge is 0.191 e. The summed E-state index contributed by atoms with van der Waals surface area (Å²) in [5.74, 6) is 0.936. The summed E-state index contributed by atoms with van der Waals surface area (Å²) in [6, 6.07) is 3.16. The van der Waals surface area contributed by atoms with E-state index in [9.17, 15) is 0 Å². The molecule has 0 aromatic carbocycles. The van der Waals surface area contributed by atoms with Crippen molar-refractivity contribution in [1.29, 1.82) is 0 Å². The van der Waals surface area contributed by atoms with Crippen molar-refractivity contribution in [3.63, 3.8) is 0 Å². The molecule has 0 bridgehead atoms. The third-order valence-electron chi connectivity index (χ3n) is 5.34. The van der Waals surface area contributed by atoms with E-state index < -0.39 is 0 Å². The quantitative estimate of drug-likeness (QED) is 0.511. The van der Waals surface area contributed by atoms with Crippen molar-refractivity contribution in [3.8, 4) is 0 Å². The molecule has 148 valence electrons. The lowest BCUT2D eigenvalue weighted by molar-refractivity contribution is 0.205. The molecule has 2 rings (SSSR count). The van der Waals surface area contributed by atoms with E-state index in [1.807, 2.05) is 7.05 Å². The number of guanidine groups is 1. The summed E-state index contributed by atoms with van der Waals surface area (Å²) in [6.07, 6.45) is 3.64. The second-order valence-corrected chi connectivity index (χ2v) is 7.79. The number of aliphatic imine (C=N–C) groups is 1. The molecule has 0 aliphatic carbocycles. The van der Waals surface area contributed by atoms with E-state index in [0.29, 0.717) is 12.1 Å². The summed E-state index contributed by atoms with van der Waals surface area (Å²) in [4.78, 5) is 9.54. The van der Waals surface area contributed by atoms with Gasteiger partial charge in [0.1, 0.15) is 0 Å². The molecule has 1 fully saturated rings. The van der Waals surface area contributed by atoms with Crippen LogP contribution in [0.15, 0.2) is 21.8 Å². The van der Waals surface area contributed by atoms with Gasteiger partial charge in [-0.25, -0.2) is 0 Å². The number of likely N-dealkylation sites (N-methyl/N-ethyl adjacent to an activating group) is 1. The second-order valence-electron chi connectivity index (χ2n) is 7.01. The minimum Gasteiger partial charge on any atom is -0.354 e. The van der Waals surface area contributed by atoms with Gasteiger partial charge in [-0.2, -0.15) is 11.3 Å². The van der Waals surface area contributed by atoms with Crippen LogP contribution < -0.4 is 10.6 Å². The minimum absolute atomic E-state index is 0.390. The summed E-state index contributed by atoms with van der Waals surface area (Å²) in [7, 11) is 1.87. The summed E-state index contributed by atoms with van der Waals surface area (Å²) in [6.45, 7) is 13.3. The number of nitrogens with one attached hydrogen (secondary N) is 2. The number of nitrogens with zero attached hydrogens (tertiary/aromatic N) is 3. The highest BCUT2D eigenvalue weighted by molar-refractivity contribution is 7.07. The SMILES string of the molecule is CCCN1CCC(NC(=NC)NCC(c2ccsc2)N(CC)CC)CC1. The van der Waals surface area contributed by atoms with Crippen LogP contribution >= 0.6 is 11.3 Å². The van der Waals surface area contributed by atoms with Gasteiger partial charge in [0.2, 0.25) is 0 Å². The van der Waals surface area contributed by atoms with E-state index in [1.54, 1.807) is 11.3 Å². The molecule has 1 saturated heterocycles. The van der Waals surface area contributed by atoms with E-state index >= 15 is 0 Å². The largest absolute Gasteiger partial charge is 0.354 e. The van der Waals surface area contributed by atoms with Crippen molar-refractivity contribution >= 4 is 17.3 Å². The van der Waals surface area contributed by atoms with Crippen LogP contribution in [0.25, 0.3) is 0 Å². The van der Waals surface area contributed by atoms with Gasteiger partial charge in [-0.3, -0.25) is 9.89 Å². The minimum atomic E-state index is 0.390. The highest BCUT2D eigenvalue weighted by Gasteiger charge is 2.21. The Hall–Kier alpha value is -1.11. The van der Waals surface area contributed by atoms with Gasteiger partial charge < -0.3 is 15.5 Å². The molecule has 1 aromatic heterocycles. The monoisotopic (exact) mass is 379 g/mol. The number of likely N-dealkylation sites (tertiary alicyclic amines) is 1. The third-order valence-corrected chi connectivity index (χ3v) is 6.04. The van der Waals surface area contributed by atoms with Crippen molar-refractivity contribution < 1.29 is 0 Å². The van der Waals surface area contributed by atoms with E-state index in [2.05, 4.69) is 63.0 Å². The molecule has 6 heteroatoms. The molecule has 0 amide bonds. The Labute approximate surface area is 163 Å². The Morgan fingerprint density at radius 2 is 2.04 bits per heavy atom. The third kappa shape index (κ3) is 6.25. The Morgan fingerprint density at radius 3 is 2.58 bits per heavy atom. The number of hydrogen-bond donors (Lipinski definition) is 2. The second kappa shape index (κ2) is 11.6. The molecule has 2 heterocycles. The zero-order chi connectivity index (χ0) is 18.8. The summed E-state index contributed by atoms with van der Waals surface area (Å²) in [5, 5.41) is 11.7. The Morgan fingerprint density at radius 1 is 1.31 bits per heavy atom. The topological polar surface area (TPSA) is 42.9 Å². The van der Waals surface area contributed by atoms with Crippen LogP contribution in [0.4, 0.5) is 0 Å².